The number of halogens is 1. The van der Waals surface area contributed by atoms with Crippen molar-refractivity contribution in [1.82, 2.24) is 10.2 Å². The molecule has 130 valence electrons. The maximum atomic E-state index is 12.3. The van der Waals surface area contributed by atoms with E-state index >= 15 is 0 Å². The SMILES string of the molecule is COC(=O)C1=C(C)N(C)C(=O)N[C@@H]1c1ccc(-c2ccccc2Cl)s1. The minimum absolute atomic E-state index is 0.261. The number of rotatable bonds is 3. The van der Waals surface area contributed by atoms with Crippen LogP contribution in [0.15, 0.2) is 47.7 Å². The molecule has 0 unspecified atom stereocenters. The summed E-state index contributed by atoms with van der Waals surface area (Å²) in [7, 11) is 2.95. The predicted molar refractivity (Wildman–Crippen MR) is 98.5 cm³/mol. The first kappa shape index (κ1) is 17.5. The van der Waals surface area contributed by atoms with Crippen molar-refractivity contribution in [2.75, 3.05) is 14.2 Å². The van der Waals surface area contributed by atoms with Crippen LogP contribution in [0.4, 0.5) is 4.79 Å². The molecule has 1 aliphatic rings. The lowest BCUT2D eigenvalue weighted by Crippen LogP contribution is -2.45. The summed E-state index contributed by atoms with van der Waals surface area (Å²) in [6.07, 6.45) is 0. The highest BCUT2D eigenvalue weighted by Gasteiger charge is 2.35. The highest BCUT2D eigenvalue weighted by atomic mass is 35.5. The number of esters is 1. The molecular weight excluding hydrogens is 360 g/mol. The van der Waals surface area contributed by atoms with E-state index in [2.05, 4.69) is 5.32 Å². The number of benzene rings is 1. The van der Waals surface area contributed by atoms with Gasteiger partial charge in [0, 0.05) is 33.1 Å². The zero-order chi connectivity index (χ0) is 18.1. The zero-order valence-corrected chi connectivity index (χ0v) is 15.6. The molecule has 1 aromatic heterocycles. The van der Waals surface area contributed by atoms with Gasteiger partial charge >= 0.3 is 12.0 Å². The first-order valence-corrected chi connectivity index (χ1v) is 8.81. The molecule has 1 aliphatic heterocycles. The fourth-order valence-corrected chi connectivity index (χ4v) is 4.14. The molecule has 1 atom stereocenters. The third-order valence-corrected chi connectivity index (χ3v) is 5.72. The summed E-state index contributed by atoms with van der Waals surface area (Å²) in [6, 6.07) is 10.6. The molecule has 0 saturated carbocycles. The lowest BCUT2D eigenvalue weighted by molar-refractivity contribution is -0.136. The van der Waals surface area contributed by atoms with Gasteiger partial charge in [0.15, 0.2) is 0 Å². The largest absolute Gasteiger partial charge is 0.466 e. The Morgan fingerprint density at radius 2 is 2.00 bits per heavy atom. The molecule has 1 aromatic carbocycles. The Hall–Kier alpha value is -2.31. The van der Waals surface area contributed by atoms with E-state index in [1.807, 2.05) is 36.4 Å². The monoisotopic (exact) mass is 376 g/mol. The Kier molecular flexibility index (Phi) is 4.83. The first-order chi connectivity index (χ1) is 11.9. The van der Waals surface area contributed by atoms with Gasteiger partial charge in [-0.1, -0.05) is 29.8 Å². The minimum Gasteiger partial charge on any atom is -0.466 e. The van der Waals surface area contributed by atoms with E-state index in [4.69, 9.17) is 16.3 Å². The second-order valence-electron chi connectivity index (χ2n) is 5.61. The normalized spacial score (nSPS) is 17.5. The number of hydrogen-bond acceptors (Lipinski definition) is 4. The number of amides is 2. The summed E-state index contributed by atoms with van der Waals surface area (Å²) in [5, 5.41) is 3.52. The van der Waals surface area contributed by atoms with Gasteiger partial charge in [0.2, 0.25) is 0 Å². The Morgan fingerprint density at radius 3 is 2.68 bits per heavy atom. The Balaban J connectivity index is 2.05. The van der Waals surface area contributed by atoms with Gasteiger partial charge in [-0.05, 0) is 25.1 Å². The predicted octanol–water partition coefficient (Wildman–Crippen LogP) is 4.21. The molecule has 0 spiro atoms. The number of ether oxygens (including phenoxy) is 1. The smallest absolute Gasteiger partial charge is 0.338 e. The molecule has 1 N–H and O–H groups in total. The quantitative estimate of drug-likeness (QED) is 0.816. The summed E-state index contributed by atoms with van der Waals surface area (Å²) < 4.78 is 4.91. The standard InChI is InChI=1S/C18H17ClN2O3S/c1-10-15(17(22)24-3)16(20-18(23)21(10)2)14-9-8-13(25-14)11-6-4-5-7-12(11)19/h4-9,16H,1-3H3,(H,20,23)/t16-/m1/s1. The van der Waals surface area contributed by atoms with E-state index in [-0.39, 0.29) is 6.03 Å². The van der Waals surface area contributed by atoms with Crippen LogP contribution in [0.25, 0.3) is 10.4 Å². The molecule has 0 fully saturated rings. The number of urea groups is 1. The minimum atomic E-state index is -0.544. The average molecular weight is 377 g/mol. The third kappa shape index (κ3) is 3.15. The average Bonchev–Trinajstić information content (AvgIpc) is 3.09. The van der Waals surface area contributed by atoms with Crippen LogP contribution in [0.2, 0.25) is 5.02 Å². The number of nitrogens with one attached hydrogen (secondary N) is 1. The lowest BCUT2D eigenvalue weighted by atomic mass is 10.0. The van der Waals surface area contributed by atoms with E-state index in [1.54, 1.807) is 14.0 Å². The molecular formula is C18H17ClN2O3S. The second-order valence-corrected chi connectivity index (χ2v) is 7.14. The third-order valence-electron chi connectivity index (χ3n) is 4.21. The Bertz CT molecular complexity index is 875. The van der Waals surface area contributed by atoms with Crippen molar-refractivity contribution < 1.29 is 14.3 Å². The van der Waals surface area contributed by atoms with Crippen LogP contribution in [-0.2, 0) is 9.53 Å². The van der Waals surface area contributed by atoms with Gasteiger partial charge in [0.25, 0.3) is 0 Å². The summed E-state index contributed by atoms with van der Waals surface area (Å²) >= 11 is 7.75. The maximum Gasteiger partial charge on any atom is 0.338 e. The zero-order valence-electron chi connectivity index (χ0n) is 14.0. The van der Waals surface area contributed by atoms with Gasteiger partial charge in [-0.25, -0.2) is 9.59 Å². The number of thiophene rings is 1. The van der Waals surface area contributed by atoms with Crippen molar-refractivity contribution in [3.8, 4) is 10.4 Å². The highest BCUT2D eigenvalue weighted by Crippen LogP contribution is 2.39. The molecule has 3 rings (SSSR count). The molecule has 0 aliphatic carbocycles. The van der Waals surface area contributed by atoms with Crippen molar-refractivity contribution in [2.45, 2.75) is 13.0 Å². The van der Waals surface area contributed by atoms with Gasteiger partial charge in [-0.2, -0.15) is 0 Å². The number of methoxy groups -OCH3 is 1. The van der Waals surface area contributed by atoms with Gasteiger partial charge < -0.3 is 15.0 Å². The van der Waals surface area contributed by atoms with E-state index < -0.39 is 12.0 Å². The molecule has 2 aromatic rings. The van der Waals surface area contributed by atoms with Crippen molar-refractivity contribution in [3.05, 3.63) is 57.6 Å². The van der Waals surface area contributed by atoms with Crippen LogP contribution in [-0.4, -0.2) is 31.1 Å². The summed E-state index contributed by atoms with van der Waals surface area (Å²) in [5.74, 6) is -0.456. The molecule has 0 saturated heterocycles. The van der Waals surface area contributed by atoms with Gasteiger partial charge in [0.05, 0.1) is 18.7 Å². The number of allylic oxidation sites excluding steroid dienone is 1. The van der Waals surface area contributed by atoms with Gasteiger partial charge in [0.1, 0.15) is 0 Å². The van der Waals surface area contributed by atoms with Crippen LogP contribution in [0.1, 0.15) is 17.8 Å². The summed E-state index contributed by atoms with van der Waals surface area (Å²) in [4.78, 5) is 27.7. The number of carbonyl (C=O) groups is 2. The second kappa shape index (κ2) is 6.90. The van der Waals surface area contributed by atoms with E-state index in [0.717, 1.165) is 15.3 Å². The molecule has 2 amide bonds. The number of carbonyl (C=O) groups excluding carboxylic acids is 2. The molecule has 0 radical (unpaired) electrons. The summed E-state index contributed by atoms with van der Waals surface area (Å²) in [6.45, 7) is 1.74. The summed E-state index contributed by atoms with van der Waals surface area (Å²) in [5.41, 5.74) is 1.92. The topological polar surface area (TPSA) is 58.6 Å². The van der Waals surface area contributed by atoms with Crippen molar-refractivity contribution in [3.63, 3.8) is 0 Å². The van der Waals surface area contributed by atoms with Crippen molar-refractivity contribution >= 4 is 34.9 Å². The van der Waals surface area contributed by atoms with Gasteiger partial charge in [-0.15, -0.1) is 11.3 Å². The fourth-order valence-electron chi connectivity index (χ4n) is 2.74. The number of hydrogen-bond donors (Lipinski definition) is 1. The van der Waals surface area contributed by atoms with Crippen LogP contribution in [0.3, 0.4) is 0 Å². The van der Waals surface area contributed by atoms with Crippen molar-refractivity contribution in [1.29, 1.82) is 0 Å². The lowest BCUT2D eigenvalue weighted by Gasteiger charge is -2.32. The van der Waals surface area contributed by atoms with Crippen LogP contribution in [0.5, 0.6) is 0 Å². The van der Waals surface area contributed by atoms with E-state index in [9.17, 15) is 9.59 Å². The van der Waals surface area contributed by atoms with Crippen LogP contribution >= 0.6 is 22.9 Å². The van der Waals surface area contributed by atoms with E-state index in [0.29, 0.717) is 16.3 Å². The van der Waals surface area contributed by atoms with Gasteiger partial charge in [-0.3, -0.25) is 0 Å². The molecule has 25 heavy (non-hydrogen) atoms. The Labute approximate surface area is 154 Å². The Morgan fingerprint density at radius 1 is 1.28 bits per heavy atom. The molecule has 7 heteroatoms. The first-order valence-electron chi connectivity index (χ1n) is 7.62. The molecule has 2 heterocycles. The maximum absolute atomic E-state index is 12.3. The highest BCUT2D eigenvalue weighted by molar-refractivity contribution is 7.15. The fraction of sp³-hybridized carbons (Fsp3) is 0.222. The molecule has 5 nitrogen and oxygen atoms in total. The van der Waals surface area contributed by atoms with E-state index in [1.165, 1.54) is 23.3 Å². The van der Waals surface area contributed by atoms with Crippen molar-refractivity contribution in [2.24, 2.45) is 0 Å². The molecule has 0 bridgehead atoms. The number of nitrogens with zero attached hydrogens (tertiary/aromatic N) is 1. The van der Waals surface area contributed by atoms with Crippen LogP contribution < -0.4 is 5.32 Å². The van der Waals surface area contributed by atoms with Crippen LogP contribution in [0, 0.1) is 0 Å².